The molecule has 0 aromatic carbocycles. The second-order valence-corrected chi connectivity index (χ2v) is 3.22. The smallest absolute Gasteiger partial charge is 0.323 e. The van der Waals surface area contributed by atoms with Gasteiger partial charge in [-0.2, -0.15) is 0 Å². The molecule has 0 aliphatic carbocycles. The lowest BCUT2D eigenvalue weighted by Crippen LogP contribution is -2.21. The predicted octanol–water partition coefficient (Wildman–Crippen LogP) is 0.397. The maximum absolute atomic E-state index is 11.3. The fraction of sp³-hybridized carbons (Fsp3) is 0.571. The van der Waals surface area contributed by atoms with Gasteiger partial charge in [-0.25, -0.2) is 4.79 Å². The third kappa shape index (κ3) is 1.17. The predicted molar refractivity (Wildman–Crippen MR) is 48.3 cm³/mol. The van der Waals surface area contributed by atoms with Crippen molar-refractivity contribution in [3.8, 4) is 0 Å². The number of nitrogens with two attached hydrogens (primary N) is 1. The highest BCUT2D eigenvalue weighted by molar-refractivity contribution is 6.30. The summed E-state index contributed by atoms with van der Waals surface area (Å²) in [6, 6.07) is -0.226. The molecule has 1 atom stereocenters. The van der Waals surface area contributed by atoms with Crippen molar-refractivity contribution in [3.63, 3.8) is 0 Å². The van der Waals surface area contributed by atoms with Gasteiger partial charge in [-0.3, -0.25) is 9.13 Å². The lowest BCUT2D eigenvalue weighted by atomic mass is 10.3. The molecule has 0 bridgehead atoms. The van der Waals surface area contributed by atoms with Gasteiger partial charge >= 0.3 is 5.69 Å². The highest BCUT2D eigenvalue weighted by Gasteiger charge is 2.15. The molecule has 2 N–H and O–H groups in total. The molecule has 0 amide bonds. The summed E-state index contributed by atoms with van der Waals surface area (Å²) < 4.78 is 2.84. The topological polar surface area (TPSA) is 52.9 Å². The SMILES string of the molecule is CC(N)c1c(Cl)n(C)c(=O)n1C. The number of aromatic nitrogens is 2. The minimum atomic E-state index is -0.226. The fourth-order valence-electron chi connectivity index (χ4n) is 1.22. The molecule has 0 fully saturated rings. The third-order valence-electron chi connectivity index (χ3n) is 1.87. The summed E-state index contributed by atoms with van der Waals surface area (Å²) in [6.45, 7) is 1.79. The van der Waals surface area contributed by atoms with Gasteiger partial charge in [-0.15, -0.1) is 0 Å². The molecule has 0 aliphatic heterocycles. The van der Waals surface area contributed by atoms with E-state index in [0.717, 1.165) is 0 Å². The maximum Gasteiger partial charge on any atom is 0.329 e. The van der Waals surface area contributed by atoms with Crippen molar-refractivity contribution in [1.82, 2.24) is 9.13 Å². The Hall–Kier alpha value is -0.740. The summed E-state index contributed by atoms with van der Waals surface area (Å²) in [6.07, 6.45) is 0. The standard InChI is InChI=1S/C7H12ClN3O/c1-4(9)5-6(8)11(3)7(12)10(5)2/h4H,9H2,1-3H3. The first-order valence-corrected chi connectivity index (χ1v) is 4.01. The van der Waals surface area contributed by atoms with Crippen molar-refractivity contribution >= 4 is 11.6 Å². The van der Waals surface area contributed by atoms with Gasteiger partial charge in [0.05, 0.1) is 5.69 Å². The van der Waals surface area contributed by atoms with E-state index in [1.807, 2.05) is 0 Å². The van der Waals surface area contributed by atoms with Gasteiger partial charge in [-0.05, 0) is 6.92 Å². The molecule has 1 rings (SSSR count). The molecular formula is C7H12ClN3O. The van der Waals surface area contributed by atoms with E-state index in [9.17, 15) is 4.79 Å². The van der Waals surface area contributed by atoms with Crippen LogP contribution in [0.4, 0.5) is 0 Å². The molecule has 0 aliphatic rings. The molecule has 4 nitrogen and oxygen atoms in total. The third-order valence-corrected chi connectivity index (χ3v) is 2.32. The Bertz CT molecular complexity index is 350. The molecule has 1 heterocycles. The average molecular weight is 190 g/mol. The number of rotatable bonds is 1. The zero-order valence-corrected chi connectivity index (χ0v) is 8.09. The van der Waals surface area contributed by atoms with Crippen LogP contribution in [0.25, 0.3) is 0 Å². The Kier molecular flexibility index (Phi) is 2.30. The van der Waals surface area contributed by atoms with Crippen molar-refractivity contribution in [1.29, 1.82) is 0 Å². The van der Waals surface area contributed by atoms with Gasteiger partial charge in [-0.1, -0.05) is 11.6 Å². The Morgan fingerprint density at radius 2 is 1.92 bits per heavy atom. The first-order chi connectivity index (χ1) is 5.46. The molecule has 1 aromatic heterocycles. The van der Waals surface area contributed by atoms with E-state index in [-0.39, 0.29) is 11.7 Å². The number of imidazole rings is 1. The Balaban J connectivity index is 3.49. The summed E-state index contributed by atoms with van der Waals surface area (Å²) in [5.74, 6) is 0. The largest absolute Gasteiger partial charge is 0.329 e. The summed E-state index contributed by atoms with van der Waals surface area (Å²) >= 11 is 5.88. The molecular weight excluding hydrogens is 178 g/mol. The molecule has 68 valence electrons. The summed E-state index contributed by atoms with van der Waals surface area (Å²) in [7, 11) is 3.28. The van der Waals surface area contributed by atoms with E-state index in [4.69, 9.17) is 17.3 Å². The van der Waals surface area contributed by atoms with Crippen LogP contribution in [0.1, 0.15) is 18.7 Å². The molecule has 12 heavy (non-hydrogen) atoms. The van der Waals surface area contributed by atoms with Crippen LogP contribution < -0.4 is 11.4 Å². The van der Waals surface area contributed by atoms with Gasteiger partial charge in [0.1, 0.15) is 5.15 Å². The number of nitrogens with zero attached hydrogens (tertiary/aromatic N) is 2. The van der Waals surface area contributed by atoms with Crippen LogP contribution in [0.5, 0.6) is 0 Å². The van der Waals surface area contributed by atoms with Crippen LogP contribution in [0, 0.1) is 0 Å². The Labute approximate surface area is 75.5 Å². The minimum Gasteiger partial charge on any atom is -0.323 e. The highest BCUT2D eigenvalue weighted by Crippen LogP contribution is 2.18. The minimum absolute atomic E-state index is 0.146. The van der Waals surface area contributed by atoms with Gasteiger partial charge in [0.25, 0.3) is 0 Å². The summed E-state index contributed by atoms with van der Waals surface area (Å²) in [5.41, 5.74) is 6.16. The monoisotopic (exact) mass is 189 g/mol. The number of halogens is 1. The molecule has 0 radical (unpaired) electrons. The van der Waals surface area contributed by atoms with Gasteiger partial charge in [0.15, 0.2) is 0 Å². The zero-order valence-electron chi connectivity index (χ0n) is 7.34. The number of hydrogen-bond acceptors (Lipinski definition) is 2. The van der Waals surface area contributed by atoms with Crippen molar-refractivity contribution in [2.45, 2.75) is 13.0 Å². The molecule has 0 saturated carbocycles. The van der Waals surface area contributed by atoms with Crippen molar-refractivity contribution < 1.29 is 0 Å². The average Bonchev–Trinajstić information content (AvgIpc) is 2.16. The lowest BCUT2D eigenvalue weighted by Gasteiger charge is -2.05. The van der Waals surface area contributed by atoms with Crippen molar-refractivity contribution in [2.75, 3.05) is 0 Å². The van der Waals surface area contributed by atoms with Crippen molar-refractivity contribution in [3.05, 3.63) is 21.3 Å². The van der Waals surface area contributed by atoms with Crippen LogP contribution >= 0.6 is 11.6 Å². The zero-order chi connectivity index (χ0) is 9.46. The van der Waals surface area contributed by atoms with Crippen LogP contribution in [0.3, 0.4) is 0 Å². The normalized spacial score (nSPS) is 13.4. The molecule has 1 aromatic rings. The quantitative estimate of drug-likeness (QED) is 0.695. The first kappa shape index (κ1) is 9.35. The Morgan fingerprint density at radius 3 is 2.08 bits per heavy atom. The second kappa shape index (κ2) is 2.95. The molecule has 0 saturated heterocycles. The Morgan fingerprint density at radius 1 is 1.42 bits per heavy atom. The van der Waals surface area contributed by atoms with Gasteiger partial charge < -0.3 is 5.73 Å². The van der Waals surface area contributed by atoms with Crippen LogP contribution in [0.2, 0.25) is 5.15 Å². The van der Waals surface area contributed by atoms with E-state index in [1.165, 1.54) is 9.13 Å². The van der Waals surface area contributed by atoms with Gasteiger partial charge in [0.2, 0.25) is 0 Å². The fourth-order valence-corrected chi connectivity index (χ4v) is 1.59. The molecule has 5 heteroatoms. The molecule has 1 unspecified atom stereocenters. The summed E-state index contributed by atoms with van der Waals surface area (Å²) in [5, 5.41) is 0.414. The van der Waals surface area contributed by atoms with E-state index < -0.39 is 0 Å². The van der Waals surface area contributed by atoms with Crippen LogP contribution in [-0.2, 0) is 14.1 Å². The van der Waals surface area contributed by atoms with Gasteiger partial charge in [0, 0.05) is 20.1 Å². The summed E-state index contributed by atoms with van der Waals surface area (Å²) in [4.78, 5) is 11.3. The van der Waals surface area contributed by atoms with E-state index in [2.05, 4.69) is 0 Å². The molecule has 0 spiro atoms. The van der Waals surface area contributed by atoms with Crippen LogP contribution in [0.15, 0.2) is 4.79 Å². The second-order valence-electron chi connectivity index (χ2n) is 2.87. The highest BCUT2D eigenvalue weighted by atomic mass is 35.5. The van der Waals surface area contributed by atoms with E-state index in [1.54, 1.807) is 21.0 Å². The van der Waals surface area contributed by atoms with E-state index in [0.29, 0.717) is 10.8 Å². The van der Waals surface area contributed by atoms with E-state index >= 15 is 0 Å². The van der Waals surface area contributed by atoms with Crippen LogP contribution in [-0.4, -0.2) is 9.13 Å². The van der Waals surface area contributed by atoms with Crippen molar-refractivity contribution in [2.24, 2.45) is 19.8 Å². The maximum atomic E-state index is 11.3. The number of hydrogen-bond donors (Lipinski definition) is 1. The lowest BCUT2D eigenvalue weighted by molar-refractivity contribution is 0.694. The first-order valence-electron chi connectivity index (χ1n) is 3.63.